The molecule has 1 fully saturated rings. The molecule has 0 atom stereocenters. The summed E-state index contributed by atoms with van der Waals surface area (Å²) in [6.07, 6.45) is 11.6. The molecule has 1 aromatic carbocycles. The maximum Gasteiger partial charge on any atom is 0.306 e. The Morgan fingerprint density at radius 1 is 1.00 bits per heavy atom. The van der Waals surface area contributed by atoms with Gasteiger partial charge in [-0.2, -0.15) is 0 Å². The Bertz CT molecular complexity index is 441. The summed E-state index contributed by atoms with van der Waals surface area (Å²) in [4.78, 5) is 11.0. The van der Waals surface area contributed by atoms with Crippen molar-refractivity contribution in [1.29, 1.82) is 0 Å². The summed E-state index contributed by atoms with van der Waals surface area (Å²) in [6.45, 7) is 2.25. The van der Waals surface area contributed by atoms with Crippen LogP contribution in [0, 0.1) is 5.92 Å². The van der Waals surface area contributed by atoms with Crippen LogP contribution < -0.4 is 0 Å². The third-order valence-corrected chi connectivity index (χ3v) is 5.10. The van der Waals surface area contributed by atoms with Gasteiger partial charge < -0.3 is 5.11 Å². The summed E-state index contributed by atoms with van der Waals surface area (Å²) < 4.78 is 0. The first-order valence-electron chi connectivity index (χ1n) is 9.02. The quantitative estimate of drug-likeness (QED) is 0.638. The van der Waals surface area contributed by atoms with Crippen molar-refractivity contribution in [3.05, 3.63) is 35.4 Å². The van der Waals surface area contributed by atoms with Crippen molar-refractivity contribution < 1.29 is 9.90 Å². The molecule has 1 aliphatic rings. The Kier molecular flexibility index (Phi) is 6.95. The van der Waals surface area contributed by atoms with E-state index in [0.29, 0.717) is 5.92 Å². The Morgan fingerprint density at radius 2 is 1.64 bits per heavy atom. The van der Waals surface area contributed by atoms with Gasteiger partial charge in [-0.25, -0.2) is 0 Å². The van der Waals surface area contributed by atoms with Gasteiger partial charge in [-0.1, -0.05) is 56.9 Å². The molecule has 0 unspecified atom stereocenters. The highest BCUT2D eigenvalue weighted by Crippen LogP contribution is 2.35. The van der Waals surface area contributed by atoms with Crippen LogP contribution in [0.4, 0.5) is 0 Å². The molecule has 0 radical (unpaired) electrons. The van der Waals surface area contributed by atoms with Crippen LogP contribution in [0.15, 0.2) is 24.3 Å². The van der Waals surface area contributed by atoms with E-state index in [2.05, 4.69) is 31.2 Å². The fraction of sp³-hybridized carbons (Fsp3) is 0.650. The lowest BCUT2D eigenvalue weighted by Gasteiger charge is -2.26. The van der Waals surface area contributed by atoms with Gasteiger partial charge in [0.15, 0.2) is 0 Å². The predicted molar refractivity (Wildman–Crippen MR) is 91.2 cm³/mol. The van der Waals surface area contributed by atoms with Gasteiger partial charge in [0.25, 0.3) is 0 Å². The number of rotatable bonds is 8. The van der Waals surface area contributed by atoms with Crippen LogP contribution >= 0.6 is 0 Å². The SMILES string of the molecule is CCCCCCCc1ccc([C@H]2CC[C@H](C(=O)O)CC2)cc1. The molecule has 0 bridgehead atoms. The fourth-order valence-corrected chi connectivity index (χ4v) is 3.56. The smallest absolute Gasteiger partial charge is 0.306 e. The van der Waals surface area contributed by atoms with E-state index in [9.17, 15) is 4.79 Å². The van der Waals surface area contributed by atoms with E-state index in [1.807, 2.05) is 0 Å². The van der Waals surface area contributed by atoms with Gasteiger partial charge in [0.1, 0.15) is 0 Å². The molecule has 2 nitrogen and oxygen atoms in total. The summed E-state index contributed by atoms with van der Waals surface area (Å²) in [7, 11) is 0. The second-order valence-electron chi connectivity index (χ2n) is 6.79. The lowest BCUT2D eigenvalue weighted by atomic mass is 9.78. The van der Waals surface area contributed by atoms with Crippen molar-refractivity contribution in [2.24, 2.45) is 5.92 Å². The molecule has 122 valence electrons. The first-order chi connectivity index (χ1) is 10.7. The minimum atomic E-state index is -0.614. The van der Waals surface area contributed by atoms with Crippen LogP contribution in [0.25, 0.3) is 0 Å². The molecule has 0 amide bonds. The molecule has 0 aliphatic heterocycles. The monoisotopic (exact) mass is 302 g/mol. The van der Waals surface area contributed by atoms with Gasteiger partial charge in [-0.05, 0) is 55.6 Å². The Labute approximate surface area is 134 Å². The average Bonchev–Trinajstić information content (AvgIpc) is 2.55. The molecule has 2 rings (SSSR count). The van der Waals surface area contributed by atoms with Crippen molar-refractivity contribution in [2.45, 2.75) is 77.0 Å². The van der Waals surface area contributed by atoms with Crippen LogP contribution in [0.1, 0.15) is 81.8 Å². The molecule has 1 N–H and O–H groups in total. The third-order valence-electron chi connectivity index (χ3n) is 5.10. The summed E-state index contributed by atoms with van der Waals surface area (Å²) in [5.74, 6) is -0.162. The van der Waals surface area contributed by atoms with E-state index in [1.165, 1.54) is 49.7 Å². The van der Waals surface area contributed by atoms with Gasteiger partial charge in [0, 0.05) is 0 Å². The molecule has 0 spiro atoms. The molecule has 0 aromatic heterocycles. The van der Waals surface area contributed by atoms with E-state index in [4.69, 9.17) is 5.11 Å². The average molecular weight is 302 g/mol. The zero-order valence-electron chi connectivity index (χ0n) is 13.9. The number of carboxylic acids is 1. The number of hydrogen-bond acceptors (Lipinski definition) is 1. The van der Waals surface area contributed by atoms with E-state index >= 15 is 0 Å². The minimum absolute atomic E-state index is 0.112. The maximum absolute atomic E-state index is 11.0. The number of aryl methyl sites for hydroxylation is 1. The van der Waals surface area contributed by atoms with Crippen LogP contribution in [0.2, 0.25) is 0 Å². The van der Waals surface area contributed by atoms with Crippen LogP contribution in [-0.2, 0) is 11.2 Å². The number of aliphatic carboxylic acids is 1. The fourth-order valence-electron chi connectivity index (χ4n) is 3.56. The summed E-state index contributed by atoms with van der Waals surface area (Å²) in [6, 6.07) is 9.09. The van der Waals surface area contributed by atoms with Gasteiger partial charge >= 0.3 is 5.97 Å². The topological polar surface area (TPSA) is 37.3 Å². The normalized spacial score (nSPS) is 21.7. The van der Waals surface area contributed by atoms with Gasteiger partial charge in [0.05, 0.1) is 5.92 Å². The standard InChI is InChI=1S/C20H30O2/c1-2-3-4-5-6-7-16-8-10-17(11-9-16)18-12-14-19(15-13-18)20(21)22/h8-11,18-19H,2-7,12-15H2,1H3,(H,21,22)/t18-,19-. The zero-order chi connectivity index (χ0) is 15.8. The van der Waals surface area contributed by atoms with Crippen LogP contribution in [0.5, 0.6) is 0 Å². The highest BCUT2D eigenvalue weighted by Gasteiger charge is 2.26. The largest absolute Gasteiger partial charge is 0.481 e. The predicted octanol–water partition coefficient (Wildman–Crippen LogP) is 5.56. The van der Waals surface area contributed by atoms with E-state index in [0.717, 1.165) is 25.7 Å². The summed E-state index contributed by atoms with van der Waals surface area (Å²) in [5.41, 5.74) is 2.85. The van der Waals surface area contributed by atoms with Crippen molar-refractivity contribution >= 4 is 5.97 Å². The molecule has 0 saturated heterocycles. The summed E-state index contributed by atoms with van der Waals surface area (Å²) >= 11 is 0. The first-order valence-corrected chi connectivity index (χ1v) is 9.02. The second-order valence-corrected chi connectivity index (χ2v) is 6.79. The van der Waals surface area contributed by atoms with Crippen molar-refractivity contribution in [3.63, 3.8) is 0 Å². The van der Waals surface area contributed by atoms with E-state index < -0.39 is 5.97 Å². The lowest BCUT2D eigenvalue weighted by molar-refractivity contribution is -0.142. The highest BCUT2D eigenvalue weighted by atomic mass is 16.4. The number of unbranched alkanes of at least 4 members (excludes halogenated alkanes) is 4. The van der Waals surface area contributed by atoms with Crippen LogP contribution in [-0.4, -0.2) is 11.1 Å². The van der Waals surface area contributed by atoms with E-state index in [1.54, 1.807) is 0 Å². The van der Waals surface area contributed by atoms with Gasteiger partial charge in [-0.15, -0.1) is 0 Å². The van der Waals surface area contributed by atoms with Crippen molar-refractivity contribution in [2.75, 3.05) is 0 Å². The molecule has 1 aromatic rings. The first kappa shape index (κ1) is 17.1. The molecule has 1 aliphatic carbocycles. The molecule has 22 heavy (non-hydrogen) atoms. The lowest BCUT2D eigenvalue weighted by Crippen LogP contribution is -2.20. The zero-order valence-corrected chi connectivity index (χ0v) is 13.9. The number of hydrogen-bond donors (Lipinski definition) is 1. The third kappa shape index (κ3) is 5.15. The summed E-state index contributed by atoms with van der Waals surface area (Å²) in [5, 5.41) is 9.07. The molecular formula is C20H30O2. The Balaban J connectivity index is 1.76. The molecule has 0 heterocycles. The van der Waals surface area contributed by atoms with Gasteiger partial charge in [0.2, 0.25) is 0 Å². The van der Waals surface area contributed by atoms with Crippen molar-refractivity contribution in [3.8, 4) is 0 Å². The van der Waals surface area contributed by atoms with Gasteiger partial charge in [-0.3, -0.25) is 4.79 Å². The van der Waals surface area contributed by atoms with Crippen LogP contribution in [0.3, 0.4) is 0 Å². The molecule has 1 saturated carbocycles. The number of benzene rings is 1. The molecular weight excluding hydrogens is 272 g/mol. The Morgan fingerprint density at radius 3 is 2.23 bits per heavy atom. The Hall–Kier alpha value is -1.31. The number of carbonyl (C=O) groups is 1. The number of carboxylic acid groups (broad SMARTS) is 1. The second kappa shape index (κ2) is 8.97. The molecule has 2 heteroatoms. The maximum atomic E-state index is 11.0. The highest BCUT2D eigenvalue weighted by molar-refractivity contribution is 5.70. The minimum Gasteiger partial charge on any atom is -0.481 e. The van der Waals surface area contributed by atoms with Crippen molar-refractivity contribution in [1.82, 2.24) is 0 Å². The van der Waals surface area contributed by atoms with E-state index in [-0.39, 0.29) is 5.92 Å².